The number of halogens is 1. The lowest BCUT2D eigenvalue weighted by Crippen LogP contribution is -2.05. The summed E-state index contributed by atoms with van der Waals surface area (Å²) in [5, 5.41) is 10.0. The monoisotopic (exact) mass is 237 g/mol. The normalized spacial score (nSPS) is 25.4. The van der Waals surface area contributed by atoms with Crippen molar-refractivity contribution in [3.05, 3.63) is 23.7 Å². The summed E-state index contributed by atoms with van der Waals surface area (Å²) in [4.78, 5) is 8.29. The van der Waals surface area contributed by atoms with Gasteiger partial charge < -0.3 is 9.67 Å². The maximum absolute atomic E-state index is 9.55. The lowest BCUT2D eigenvalue weighted by molar-refractivity contribution is 0.178. The fourth-order valence-electron chi connectivity index (χ4n) is 2.38. The molecule has 5 heteroatoms. The van der Waals surface area contributed by atoms with Crippen LogP contribution in [0.4, 0.5) is 0 Å². The van der Waals surface area contributed by atoms with E-state index in [1.54, 1.807) is 6.20 Å². The van der Waals surface area contributed by atoms with Gasteiger partial charge >= 0.3 is 0 Å². The van der Waals surface area contributed by atoms with Gasteiger partial charge in [-0.15, -0.1) is 0 Å². The molecule has 0 aliphatic heterocycles. The highest BCUT2D eigenvalue weighted by molar-refractivity contribution is 6.29. The Balaban J connectivity index is 2.06. The van der Waals surface area contributed by atoms with Crippen LogP contribution in [0.5, 0.6) is 0 Å². The molecule has 0 aromatic carbocycles. The van der Waals surface area contributed by atoms with E-state index in [1.807, 2.05) is 12.4 Å². The van der Waals surface area contributed by atoms with Crippen molar-refractivity contribution >= 4 is 22.6 Å². The summed E-state index contributed by atoms with van der Waals surface area (Å²) in [6.07, 6.45) is 5.96. The fraction of sp³-hybridized carbons (Fsp3) is 0.455. The first-order chi connectivity index (χ1) is 7.74. The molecule has 2 unspecified atom stereocenters. The van der Waals surface area contributed by atoms with E-state index in [1.165, 1.54) is 0 Å². The molecule has 2 atom stereocenters. The molecule has 1 aliphatic rings. The van der Waals surface area contributed by atoms with Gasteiger partial charge in [-0.05, 0) is 19.3 Å². The van der Waals surface area contributed by atoms with Crippen molar-refractivity contribution in [3.8, 4) is 0 Å². The summed E-state index contributed by atoms with van der Waals surface area (Å²) in [7, 11) is 0. The van der Waals surface area contributed by atoms with Crippen molar-refractivity contribution < 1.29 is 5.11 Å². The van der Waals surface area contributed by atoms with Crippen molar-refractivity contribution in [1.29, 1.82) is 0 Å². The van der Waals surface area contributed by atoms with E-state index in [-0.39, 0.29) is 6.10 Å². The van der Waals surface area contributed by atoms with Crippen LogP contribution < -0.4 is 0 Å². The fourth-order valence-corrected chi connectivity index (χ4v) is 2.54. The van der Waals surface area contributed by atoms with E-state index < -0.39 is 0 Å². The molecule has 84 valence electrons. The van der Waals surface area contributed by atoms with Crippen LogP contribution in [0.2, 0.25) is 5.15 Å². The predicted octanol–water partition coefficient (Wildman–Crippen LogP) is 2.17. The van der Waals surface area contributed by atoms with Crippen LogP contribution in [0.15, 0.2) is 18.6 Å². The molecule has 0 spiro atoms. The number of aliphatic hydroxyl groups is 1. The molecule has 4 nitrogen and oxygen atoms in total. The number of hydrogen-bond donors (Lipinski definition) is 1. The molecule has 2 aromatic rings. The zero-order chi connectivity index (χ0) is 11.1. The average Bonchev–Trinajstić information content (AvgIpc) is 2.83. The average molecular weight is 238 g/mol. The minimum atomic E-state index is -0.181. The Morgan fingerprint density at radius 2 is 2.25 bits per heavy atom. The SMILES string of the molecule is OC1CCC(n2cnc3cnc(Cl)cc32)C1. The lowest BCUT2D eigenvalue weighted by atomic mass is 10.2. The quantitative estimate of drug-likeness (QED) is 0.774. The van der Waals surface area contributed by atoms with E-state index in [4.69, 9.17) is 11.6 Å². The van der Waals surface area contributed by atoms with E-state index in [2.05, 4.69) is 14.5 Å². The number of rotatable bonds is 1. The highest BCUT2D eigenvalue weighted by atomic mass is 35.5. The number of aliphatic hydroxyl groups excluding tert-OH is 1. The number of pyridine rings is 1. The smallest absolute Gasteiger partial charge is 0.131 e. The predicted molar refractivity (Wildman–Crippen MR) is 61.4 cm³/mol. The second-order valence-corrected chi connectivity index (χ2v) is 4.66. The summed E-state index contributed by atoms with van der Waals surface area (Å²) in [6, 6.07) is 2.16. The maximum atomic E-state index is 9.55. The summed E-state index contributed by atoms with van der Waals surface area (Å²) in [5.41, 5.74) is 1.85. The van der Waals surface area contributed by atoms with Crippen molar-refractivity contribution in [2.24, 2.45) is 0 Å². The summed E-state index contributed by atoms with van der Waals surface area (Å²) in [5.74, 6) is 0. The van der Waals surface area contributed by atoms with Crippen LogP contribution in [0.25, 0.3) is 11.0 Å². The van der Waals surface area contributed by atoms with Gasteiger partial charge in [-0.25, -0.2) is 9.97 Å². The molecule has 0 radical (unpaired) electrons. The number of fused-ring (bicyclic) bond motifs is 1. The van der Waals surface area contributed by atoms with Crippen LogP contribution in [-0.4, -0.2) is 25.7 Å². The molecular formula is C11H12ClN3O. The third-order valence-electron chi connectivity index (χ3n) is 3.20. The Morgan fingerprint density at radius 1 is 1.38 bits per heavy atom. The van der Waals surface area contributed by atoms with Crippen LogP contribution in [0.1, 0.15) is 25.3 Å². The zero-order valence-electron chi connectivity index (χ0n) is 8.67. The minimum Gasteiger partial charge on any atom is -0.393 e. The van der Waals surface area contributed by atoms with E-state index in [0.29, 0.717) is 11.2 Å². The molecule has 3 rings (SSSR count). The second-order valence-electron chi connectivity index (χ2n) is 4.27. The second kappa shape index (κ2) is 3.71. The first-order valence-corrected chi connectivity index (χ1v) is 5.78. The number of nitrogens with zero attached hydrogens (tertiary/aromatic N) is 3. The maximum Gasteiger partial charge on any atom is 0.131 e. The molecule has 0 amide bonds. The Kier molecular flexibility index (Phi) is 2.33. The van der Waals surface area contributed by atoms with Gasteiger partial charge in [0.25, 0.3) is 0 Å². The summed E-state index contributed by atoms with van der Waals surface area (Å²) >= 11 is 5.88. The number of imidazole rings is 1. The Labute approximate surface area is 97.9 Å². The topological polar surface area (TPSA) is 50.9 Å². The molecule has 1 saturated carbocycles. The van der Waals surface area contributed by atoms with Gasteiger partial charge in [0.1, 0.15) is 10.7 Å². The van der Waals surface area contributed by atoms with E-state index >= 15 is 0 Å². The van der Waals surface area contributed by atoms with Gasteiger partial charge in [0.2, 0.25) is 0 Å². The molecule has 0 bridgehead atoms. The molecule has 16 heavy (non-hydrogen) atoms. The van der Waals surface area contributed by atoms with Crippen molar-refractivity contribution in [2.45, 2.75) is 31.4 Å². The molecular weight excluding hydrogens is 226 g/mol. The molecule has 2 aromatic heterocycles. The highest BCUT2D eigenvalue weighted by Crippen LogP contribution is 2.32. The molecule has 2 heterocycles. The number of hydrogen-bond acceptors (Lipinski definition) is 3. The van der Waals surface area contributed by atoms with Crippen molar-refractivity contribution in [2.75, 3.05) is 0 Å². The van der Waals surface area contributed by atoms with Gasteiger partial charge in [0.15, 0.2) is 0 Å². The van der Waals surface area contributed by atoms with Gasteiger partial charge in [-0.3, -0.25) is 0 Å². The third kappa shape index (κ3) is 1.58. The third-order valence-corrected chi connectivity index (χ3v) is 3.41. The highest BCUT2D eigenvalue weighted by Gasteiger charge is 2.25. The van der Waals surface area contributed by atoms with Gasteiger partial charge in [-0.2, -0.15) is 0 Å². The van der Waals surface area contributed by atoms with Gasteiger partial charge in [0.05, 0.1) is 24.1 Å². The zero-order valence-corrected chi connectivity index (χ0v) is 9.43. The van der Waals surface area contributed by atoms with Crippen LogP contribution in [0.3, 0.4) is 0 Å². The summed E-state index contributed by atoms with van der Waals surface area (Å²) < 4.78 is 2.10. The van der Waals surface area contributed by atoms with E-state index in [9.17, 15) is 5.11 Å². The minimum absolute atomic E-state index is 0.181. The van der Waals surface area contributed by atoms with Gasteiger partial charge in [-0.1, -0.05) is 11.6 Å². The van der Waals surface area contributed by atoms with Crippen molar-refractivity contribution in [3.63, 3.8) is 0 Å². The van der Waals surface area contributed by atoms with Crippen molar-refractivity contribution in [1.82, 2.24) is 14.5 Å². The first kappa shape index (κ1) is 10.1. The van der Waals surface area contributed by atoms with Gasteiger partial charge in [0, 0.05) is 12.1 Å². The van der Waals surface area contributed by atoms with Crippen LogP contribution in [-0.2, 0) is 0 Å². The first-order valence-electron chi connectivity index (χ1n) is 5.40. The molecule has 0 saturated heterocycles. The molecule has 1 N–H and O–H groups in total. The van der Waals surface area contributed by atoms with E-state index in [0.717, 1.165) is 30.3 Å². The Bertz CT molecular complexity index is 525. The standard InChI is InChI=1S/C11H12ClN3O/c12-11-4-10-9(5-13-11)14-6-15(10)7-1-2-8(16)3-7/h4-8,16H,1-3H2. The van der Waals surface area contributed by atoms with Crippen LogP contribution >= 0.6 is 11.6 Å². The van der Waals surface area contributed by atoms with Crippen LogP contribution in [0, 0.1) is 0 Å². The Morgan fingerprint density at radius 3 is 3.00 bits per heavy atom. The number of aromatic nitrogens is 3. The summed E-state index contributed by atoms with van der Waals surface area (Å²) in [6.45, 7) is 0. The largest absolute Gasteiger partial charge is 0.393 e. The Hall–Kier alpha value is -1.13. The molecule has 1 fully saturated rings. The molecule has 1 aliphatic carbocycles. The lowest BCUT2D eigenvalue weighted by Gasteiger charge is -2.12.